The van der Waals surface area contributed by atoms with Gasteiger partial charge >= 0.3 is 0 Å². The average molecular weight is 339 g/mol. The van der Waals surface area contributed by atoms with E-state index in [-0.39, 0.29) is 0 Å². The summed E-state index contributed by atoms with van der Waals surface area (Å²) >= 11 is 2.30. The van der Waals surface area contributed by atoms with Crippen molar-refractivity contribution < 1.29 is 0 Å². The summed E-state index contributed by atoms with van der Waals surface area (Å²) in [6.07, 6.45) is 0. The van der Waals surface area contributed by atoms with E-state index < -0.39 is 0 Å². The molecule has 17 heavy (non-hydrogen) atoms. The highest BCUT2D eigenvalue weighted by Gasteiger charge is 1.98. The largest absolute Gasteiger partial charge is 0.370 e. The van der Waals surface area contributed by atoms with Crippen LogP contribution in [-0.4, -0.2) is 11.5 Å². The second-order valence-electron chi connectivity index (χ2n) is 3.57. The van der Waals surface area contributed by atoms with E-state index in [0.717, 1.165) is 23.9 Å². The van der Waals surface area contributed by atoms with Gasteiger partial charge in [0.15, 0.2) is 0 Å². The average Bonchev–Trinajstić information content (AvgIpc) is 2.30. The molecular weight excluding hydrogens is 325 g/mol. The maximum Gasteiger partial charge on any atom is 0.132 e. The number of aromatic nitrogens is 1. The number of hydrogen-bond acceptors (Lipinski definition) is 3. The Morgan fingerprint density at radius 2 is 1.88 bits per heavy atom. The lowest BCUT2D eigenvalue weighted by Crippen LogP contribution is -2.01. The molecule has 2 N–H and O–H groups in total. The lowest BCUT2D eigenvalue weighted by molar-refractivity contribution is 1.16. The maximum atomic E-state index is 4.46. The number of nitrogens with one attached hydrogen (secondary N) is 2. The monoisotopic (exact) mass is 339 g/mol. The van der Waals surface area contributed by atoms with Crippen molar-refractivity contribution in [1.82, 2.24) is 4.98 Å². The third-order valence-electron chi connectivity index (χ3n) is 2.20. The summed E-state index contributed by atoms with van der Waals surface area (Å²) < 4.78 is 1.20. The van der Waals surface area contributed by atoms with Crippen LogP contribution in [0.15, 0.2) is 42.5 Å². The number of nitrogens with zero attached hydrogens (tertiary/aromatic N) is 1. The van der Waals surface area contributed by atoms with E-state index in [4.69, 9.17) is 0 Å². The van der Waals surface area contributed by atoms with E-state index in [9.17, 15) is 0 Å². The Balaban J connectivity index is 2.15. The molecule has 4 heteroatoms. The standard InChI is InChI=1S/C13H14IN3/c1-2-15-12-7-4-8-13(17-12)16-11-6-3-5-10(14)9-11/h3-9H,2H2,1H3,(H2,15,16,17). The van der Waals surface area contributed by atoms with E-state index in [1.54, 1.807) is 0 Å². The fraction of sp³-hybridized carbons (Fsp3) is 0.154. The van der Waals surface area contributed by atoms with Crippen molar-refractivity contribution in [3.8, 4) is 0 Å². The minimum atomic E-state index is 0.852. The van der Waals surface area contributed by atoms with Crippen molar-refractivity contribution >= 4 is 39.9 Å². The Morgan fingerprint density at radius 1 is 1.12 bits per heavy atom. The van der Waals surface area contributed by atoms with Gasteiger partial charge in [0, 0.05) is 15.8 Å². The Kier molecular flexibility index (Phi) is 4.19. The van der Waals surface area contributed by atoms with Crippen molar-refractivity contribution in [2.45, 2.75) is 6.92 Å². The quantitative estimate of drug-likeness (QED) is 0.831. The molecule has 88 valence electrons. The van der Waals surface area contributed by atoms with Gasteiger partial charge in [0.2, 0.25) is 0 Å². The summed E-state index contributed by atoms with van der Waals surface area (Å²) in [7, 11) is 0. The summed E-state index contributed by atoms with van der Waals surface area (Å²) in [5.41, 5.74) is 1.05. The summed E-state index contributed by atoms with van der Waals surface area (Å²) in [5, 5.41) is 6.48. The zero-order valence-corrected chi connectivity index (χ0v) is 11.7. The summed E-state index contributed by atoms with van der Waals surface area (Å²) in [5.74, 6) is 1.74. The zero-order chi connectivity index (χ0) is 12.1. The van der Waals surface area contributed by atoms with E-state index >= 15 is 0 Å². The number of pyridine rings is 1. The normalized spacial score (nSPS) is 10.0. The van der Waals surface area contributed by atoms with Gasteiger partial charge in [-0.3, -0.25) is 0 Å². The van der Waals surface area contributed by atoms with Gasteiger partial charge in [-0.05, 0) is 59.8 Å². The van der Waals surface area contributed by atoms with Gasteiger partial charge in [-0.25, -0.2) is 4.98 Å². The van der Waals surface area contributed by atoms with Crippen molar-refractivity contribution in [3.63, 3.8) is 0 Å². The topological polar surface area (TPSA) is 37.0 Å². The third kappa shape index (κ3) is 3.59. The minimum absolute atomic E-state index is 0.852. The van der Waals surface area contributed by atoms with Gasteiger partial charge in [-0.15, -0.1) is 0 Å². The Hall–Kier alpha value is -1.30. The predicted molar refractivity (Wildman–Crippen MR) is 80.8 cm³/mol. The lowest BCUT2D eigenvalue weighted by atomic mass is 10.3. The van der Waals surface area contributed by atoms with Gasteiger partial charge in [-0.2, -0.15) is 0 Å². The van der Waals surface area contributed by atoms with Crippen LogP contribution in [0.3, 0.4) is 0 Å². The van der Waals surface area contributed by atoms with Crippen LogP contribution in [0.5, 0.6) is 0 Å². The molecule has 1 aromatic carbocycles. The number of anilines is 3. The summed E-state index contributed by atoms with van der Waals surface area (Å²) in [6.45, 7) is 2.93. The summed E-state index contributed by atoms with van der Waals surface area (Å²) in [6, 6.07) is 14.1. The second kappa shape index (κ2) is 5.86. The van der Waals surface area contributed by atoms with Crippen molar-refractivity contribution in [1.29, 1.82) is 0 Å². The number of hydrogen-bond donors (Lipinski definition) is 2. The molecule has 2 rings (SSSR count). The number of halogens is 1. The first kappa shape index (κ1) is 12.2. The van der Waals surface area contributed by atoms with E-state index in [1.165, 1.54) is 3.57 Å². The first-order valence-electron chi connectivity index (χ1n) is 5.51. The van der Waals surface area contributed by atoms with Crippen LogP contribution in [-0.2, 0) is 0 Å². The minimum Gasteiger partial charge on any atom is -0.370 e. The number of benzene rings is 1. The van der Waals surface area contributed by atoms with Gasteiger partial charge in [0.1, 0.15) is 11.6 Å². The van der Waals surface area contributed by atoms with Crippen LogP contribution in [0.1, 0.15) is 6.92 Å². The van der Waals surface area contributed by atoms with Crippen molar-refractivity contribution in [2.75, 3.05) is 17.2 Å². The highest BCUT2D eigenvalue weighted by Crippen LogP contribution is 2.18. The Labute approximate surface area is 115 Å². The molecular formula is C13H14IN3. The molecule has 0 aliphatic heterocycles. The van der Waals surface area contributed by atoms with Crippen LogP contribution in [0, 0.1) is 3.57 Å². The fourth-order valence-corrected chi connectivity index (χ4v) is 2.04. The van der Waals surface area contributed by atoms with Crippen LogP contribution >= 0.6 is 22.6 Å². The molecule has 0 bridgehead atoms. The van der Waals surface area contributed by atoms with Crippen LogP contribution in [0.25, 0.3) is 0 Å². The first-order valence-corrected chi connectivity index (χ1v) is 6.59. The highest BCUT2D eigenvalue weighted by atomic mass is 127. The lowest BCUT2D eigenvalue weighted by Gasteiger charge is -2.08. The van der Waals surface area contributed by atoms with Crippen LogP contribution in [0.4, 0.5) is 17.3 Å². The number of rotatable bonds is 4. The van der Waals surface area contributed by atoms with E-state index in [0.29, 0.717) is 0 Å². The second-order valence-corrected chi connectivity index (χ2v) is 4.82. The molecule has 0 saturated carbocycles. The molecule has 3 nitrogen and oxygen atoms in total. The molecule has 0 amide bonds. The summed E-state index contributed by atoms with van der Waals surface area (Å²) in [4.78, 5) is 4.46. The molecule has 1 aromatic heterocycles. The SMILES string of the molecule is CCNc1cccc(Nc2cccc(I)c2)n1. The molecule has 0 spiro atoms. The zero-order valence-electron chi connectivity index (χ0n) is 9.57. The van der Waals surface area contributed by atoms with E-state index in [2.05, 4.69) is 57.3 Å². The van der Waals surface area contributed by atoms with Gasteiger partial charge in [0.25, 0.3) is 0 Å². The van der Waals surface area contributed by atoms with Crippen molar-refractivity contribution in [2.24, 2.45) is 0 Å². The van der Waals surface area contributed by atoms with Gasteiger partial charge in [-0.1, -0.05) is 12.1 Å². The van der Waals surface area contributed by atoms with Gasteiger partial charge in [0.05, 0.1) is 0 Å². The molecule has 0 saturated heterocycles. The molecule has 0 aliphatic carbocycles. The molecule has 0 radical (unpaired) electrons. The third-order valence-corrected chi connectivity index (χ3v) is 2.88. The van der Waals surface area contributed by atoms with Crippen LogP contribution < -0.4 is 10.6 Å². The van der Waals surface area contributed by atoms with Crippen LogP contribution in [0.2, 0.25) is 0 Å². The van der Waals surface area contributed by atoms with Gasteiger partial charge < -0.3 is 10.6 Å². The molecule has 0 fully saturated rings. The highest BCUT2D eigenvalue weighted by molar-refractivity contribution is 14.1. The predicted octanol–water partition coefficient (Wildman–Crippen LogP) is 3.86. The molecule has 0 unspecified atom stereocenters. The molecule has 1 heterocycles. The fourth-order valence-electron chi connectivity index (χ4n) is 1.50. The Bertz CT molecular complexity index is 500. The van der Waals surface area contributed by atoms with Crippen molar-refractivity contribution in [3.05, 3.63) is 46.0 Å². The molecule has 0 aliphatic rings. The maximum absolute atomic E-state index is 4.46. The first-order chi connectivity index (χ1) is 8.28. The molecule has 0 atom stereocenters. The van der Waals surface area contributed by atoms with E-state index in [1.807, 2.05) is 30.3 Å². The smallest absolute Gasteiger partial charge is 0.132 e. The molecule has 2 aromatic rings. The Morgan fingerprint density at radius 3 is 2.65 bits per heavy atom.